The van der Waals surface area contributed by atoms with E-state index >= 15 is 0 Å². The summed E-state index contributed by atoms with van der Waals surface area (Å²) in [6.07, 6.45) is 3.07. The van der Waals surface area contributed by atoms with E-state index in [0.717, 1.165) is 48.4 Å². The van der Waals surface area contributed by atoms with E-state index in [1.54, 1.807) is 6.07 Å². The molecule has 146 valence electrons. The first-order valence-corrected chi connectivity index (χ1v) is 9.79. The van der Waals surface area contributed by atoms with Gasteiger partial charge in [0.05, 0.1) is 11.4 Å². The first-order valence-electron chi connectivity index (χ1n) is 9.79. The summed E-state index contributed by atoms with van der Waals surface area (Å²) in [6, 6.07) is 13.6. The molecule has 0 radical (unpaired) electrons. The van der Waals surface area contributed by atoms with Gasteiger partial charge in [0, 0.05) is 38.4 Å². The van der Waals surface area contributed by atoms with E-state index < -0.39 is 0 Å². The van der Waals surface area contributed by atoms with Crippen LogP contribution in [0.5, 0.6) is 0 Å². The zero-order chi connectivity index (χ0) is 19.7. The highest BCUT2D eigenvalue weighted by atomic mass is 16.2. The molecule has 2 aromatic rings. The van der Waals surface area contributed by atoms with Crippen molar-refractivity contribution in [3.8, 4) is 0 Å². The summed E-state index contributed by atoms with van der Waals surface area (Å²) in [7, 11) is 4.00. The lowest BCUT2D eigenvalue weighted by Gasteiger charge is -2.41. The SMILES string of the molecule is CN(C)c1ccc(CNC(=O)c2ccc3c(c2)NC(=O)C2CCCCN32)cc1. The van der Waals surface area contributed by atoms with Gasteiger partial charge in [0.2, 0.25) is 5.91 Å². The quantitative estimate of drug-likeness (QED) is 0.859. The Balaban J connectivity index is 1.45. The molecule has 2 heterocycles. The smallest absolute Gasteiger partial charge is 0.251 e. The van der Waals surface area contributed by atoms with Crippen LogP contribution in [0.15, 0.2) is 42.5 Å². The molecule has 1 unspecified atom stereocenters. The number of carbonyl (C=O) groups is 2. The summed E-state index contributed by atoms with van der Waals surface area (Å²) in [5, 5.41) is 5.94. The third kappa shape index (κ3) is 3.54. The van der Waals surface area contributed by atoms with E-state index in [4.69, 9.17) is 0 Å². The van der Waals surface area contributed by atoms with Crippen LogP contribution >= 0.6 is 0 Å². The second-order valence-corrected chi connectivity index (χ2v) is 7.67. The van der Waals surface area contributed by atoms with Crippen molar-refractivity contribution in [3.05, 3.63) is 53.6 Å². The molecule has 0 aromatic heterocycles. The highest BCUT2D eigenvalue weighted by Crippen LogP contribution is 2.36. The fraction of sp³-hybridized carbons (Fsp3) is 0.364. The van der Waals surface area contributed by atoms with Gasteiger partial charge in [-0.25, -0.2) is 0 Å². The summed E-state index contributed by atoms with van der Waals surface area (Å²) in [5.41, 5.74) is 4.46. The molecule has 28 heavy (non-hydrogen) atoms. The molecule has 0 bridgehead atoms. The second kappa shape index (κ2) is 7.54. The predicted octanol–water partition coefficient (Wildman–Crippen LogP) is 2.99. The fourth-order valence-electron chi connectivity index (χ4n) is 3.93. The number of nitrogens with one attached hydrogen (secondary N) is 2. The Morgan fingerprint density at radius 3 is 2.71 bits per heavy atom. The Bertz CT molecular complexity index is 892. The van der Waals surface area contributed by atoms with Gasteiger partial charge in [0.1, 0.15) is 6.04 Å². The molecule has 4 rings (SSSR count). The summed E-state index contributed by atoms with van der Waals surface area (Å²) >= 11 is 0. The molecule has 1 saturated heterocycles. The summed E-state index contributed by atoms with van der Waals surface area (Å²) in [6.45, 7) is 1.35. The van der Waals surface area contributed by atoms with E-state index in [1.807, 2.05) is 55.4 Å². The zero-order valence-corrected chi connectivity index (χ0v) is 16.4. The molecule has 6 heteroatoms. The van der Waals surface area contributed by atoms with Crippen LogP contribution in [0.4, 0.5) is 17.1 Å². The number of piperidine rings is 1. The van der Waals surface area contributed by atoms with Gasteiger partial charge < -0.3 is 20.4 Å². The van der Waals surface area contributed by atoms with E-state index in [0.29, 0.717) is 12.1 Å². The summed E-state index contributed by atoms with van der Waals surface area (Å²) < 4.78 is 0. The minimum Gasteiger partial charge on any atom is -0.378 e. The number of nitrogens with zero attached hydrogens (tertiary/aromatic N) is 2. The minimum absolute atomic E-state index is 0.0331. The van der Waals surface area contributed by atoms with Gasteiger partial charge in [-0.3, -0.25) is 9.59 Å². The molecule has 2 aliphatic heterocycles. The van der Waals surface area contributed by atoms with Crippen LogP contribution in [0.2, 0.25) is 0 Å². The molecule has 0 spiro atoms. The Hall–Kier alpha value is -3.02. The van der Waals surface area contributed by atoms with E-state index in [2.05, 4.69) is 15.5 Å². The van der Waals surface area contributed by atoms with Crippen LogP contribution in [0, 0.1) is 0 Å². The number of amides is 2. The molecule has 2 aliphatic rings. The highest BCUT2D eigenvalue weighted by Gasteiger charge is 2.34. The molecule has 1 atom stereocenters. The van der Waals surface area contributed by atoms with Crippen LogP contribution in [0.25, 0.3) is 0 Å². The highest BCUT2D eigenvalue weighted by molar-refractivity contribution is 6.05. The lowest BCUT2D eigenvalue weighted by Crippen LogP contribution is -2.50. The van der Waals surface area contributed by atoms with Crippen molar-refractivity contribution in [1.29, 1.82) is 0 Å². The topological polar surface area (TPSA) is 64.7 Å². The third-order valence-corrected chi connectivity index (χ3v) is 5.54. The van der Waals surface area contributed by atoms with Gasteiger partial charge in [-0.1, -0.05) is 12.1 Å². The summed E-state index contributed by atoms with van der Waals surface area (Å²) in [5.74, 6) is -0.111. The first kappa shape index (κ1) is 18.3. The second-order valence-electron chi connectivity index (χ2n) is 7.67. The number of anilines is 3. The lowest BCUT2D eigenvalue weighted by atomic mass is 9.97. The molecular weight excluding hydrogens is 352 g/mol. The maximum absolute atomic E-state index is 12.6. The van der Waals surface area contributed by atoms with Crippen molar-refractivity contribution in [2.75, 3.05) is 35.8 Å². The zero-order valence-electron chi connectivity index (χ0n) is 16.4. The Labute approximate surface area is 165 Å². The number of rotatable bonds is 4. The molecule has 2 N–H and O–H groups in total. The molecule has 1 fully saturated rings. The lowest BCUT2D eigenvalue weighted by molar-refractivity contribution is -0.118. The van der Waals surface area contributed by atoms with Crippen LogP contribution < -0.4 is 20.4 Å². The molecular formula is C22H26N4O2. The average Bonchev–Trinajstić information content (AvgIpc) is 2.72. The van der Waals surface area contributed by atoms with Crippen LogP contribution in [-0.2, 0) is 11.3 Å². The van der Waals surface area contributed by atoms with E-state index in [9.17, 15) is 9.59 Å². The van der Waals surface area contributed by atoms with Crippen molar-refractivity contribution in [2.45, 2.75) is 31.8 Å². The molecule has 2 amide bonds. The fourth-order valence-corrected chi connectivity index (χ4v) is 3.93. The maximum atomic E-state index is 12.6. The molecule has 2 aromatic carbocycles. The molecule has 6 nitrogen and oxygen atoms in total. The normalized spacial score (nSPS) is 18.0. The molecule has 0 aliphatic carbocycles. The monoisotopic (exact) mass is 378 g/mol. The van der Waals surface area contributed by atoms with Crippen molar-refractivity contribution < 1.29 is 9.59 Å². The van der Waals surface area contributed by atoms with Crippen LogP contribution in [0.3, 0.4) is 0 Å². The third-order valence-electron chi connectivity index (χ3n) is 5.54. The Morgan fingerprint density at radius 2 is 1.96 bits per heavy atom. The van der Waals surface area contributed by atoms with Gasteiger partial charge in [-0.05, 0) is 55.2 Å². The largest absolute Gasteiger partial charge is 0.378 e. The molecule has 0 saturated carbocycles. The van der Waals surface area contributed by atoms with Gasteiger partial charge in [-0.15, -0.1) is 0 Å². The summed E-state index contributed by atoms with van der Waals surface area (Å²) in [4.78, 5) is 29.2. The minimum atomic E-state index is -0.144. The Kier molecular flexibility index (Phi) is 4.94. The number of hydrogen-bond donors (Lipinski definition) is 2. The van der Waals surface area contributed by atoms with E-state index in [1.165, 1.54) is 0 Å². The van der Waals surface area contributed by atoms with Crippen molar-refractivity contribution in [3.63, 3.8) is 0 Å². The van der Waals surface area contributed by atoms with Gasteiger partial charge >= 0.3 is 0 Å². The number of benzene rings is 2. The van der Waals surface area contributed by atoms with Gasteiger partial charge in [-0.2, -0.15) is 0 Å². The van der Waals surface area contributed by atoms with Gasteiger partial charge in [0.25, 0.3) is 5.91 Å². The van der Waals surface area contributed by atoms with Crippen molar-refractivity contribution in [1.82, 2.24) is 5.32 Å². The van der Waals surface area contributed by atoms with E-state index in [-0.39, 0.29) is 17.9 Å². The Morgan fingerprint density at radius 1 is 1.18 bits per heavy atom. The standard InChI is InChI=1S/C22H26N4O2/c1-25(2)17-9-6-15(7-10-17)14-23-21(27)16-8-11-19-18(13-16)24-22(28)20-5-3-4-12-26(19)20/h6-11,13,20H,3-5,12,14H2,1-2H3,(H,23,27)(H,24,28). The van der Waals surface area contributed by atoms with Crippen molar-refractivity contribution >= 4 is 28.9 Å². The van der Waals surface area contributed by atoms with Crippen molar-refractivity contribution in [2.24, 2.45) is 0 Å². The number of hydrogen-bond acceptors (Lipinski definition) is 4. The van der Waals surface area contributed by atoms with Crippen LogP contribution in [0.1, 0.15) is 35.2 Å². The first-order chi connectivity index (χ1) is 13.5. The maximum Gasteiger partial charge on any atom is 0.251 e. The number of fused-ring (bicyclic) bond motifs is 3. The average molecular weight is 378 g/mol. The number of carbonyl (C=O) groups excluding carboxylic acids is 2. The predicted molar refractivity (Wildman–Crippen MR) is 112 cm³/mol. The van der Waals surface area contributed by atoms with Crippen LogP contribution in [-0.4, -0.2) is 38.5 Å². The van der Waals surface area contributed by atoms with Gasteiger partial charge in [0.15, 0.2) is 0 Å².